The van der Waals surface area contributed by atoms with Gasteiger partial charge in [0.1, 0.15) is 18.8 Å². The van der Waals surface area contributed by atoms with E-state index in [0.717, 1.165) is 12.1 Å². The lowest BCUT2D eigenvalue weighted by Gasteiger charge is -2.37. The van der Waals surface area contributed by atoms with Crippen LogP contribution in [0.4, 0.5) is 0 Å². The van der Waals surface area contributed by atoms with Crippen LogP contribution in [0.3, 0.4) is 0 Å². The second-order valence-corrected chi connectivity index (χ2v) is 7.77. The van der Waals surface area contributed by atoms with Crippen molar-refractivity contribution in [3.05, 3.63) is 11.6 Å². The minimum atomic E-state index is -2.62. The molecule has 2 saturated heterocycles. The zero-order valence-electron chi connectivity index (χ0n) is 15.3. The summed E-state index contributed by atoms with van der Waals surface area (Å²) in [5.41, 5.74) is -1.81. The standard InChI is InChI=1S/C18H27NO7/c1-9(2)13-15(21)18(24,10(3)20)17(23)25-8-11-4-6-19-7-5-12(14(11)19)26-16(13)22/h4,9-10,12-15,20-21,24H,5-8H2,1-3H3/t10-,12-,13+,14-,15+,18-/m1/s1. The number of rotatable bonds is 2. The van der Waals surface area contributed by atoms with E-state index in [1.165, 1.54) is 6.92 Å². The normalized spacial score (nSPS) is 39.7. The zero-order valence-corrected chi connectivity index (χ0v) is 15.3. The lowest BCUT2D eigenvalue weighted by atomic mass is 9.78. The SMILES string of the molecule is CC(C)[C@@H]1C(=O)O[C@@H]2CCN3CC=C(COC(=O)[C@@](O)([C@@H](C)O)[C@H]1O)[C@H]23. The van der Waals surface area contributed by atoms with E-state index in [0.29, 0.717) is 13.0 Å². The number of ether oxygens (including phenoxy) is 2. The molecular weight excluding hydrogens is 342 g/mol. The van der Waals surface area contributed by atoms with Gasteiger partial charge < -0.3 is 24.8 Å². The van der Waals surface area contributed by atoms with Crippen molar-refractivity contribution in [2.45, 2.75) is 57.1 Å². The monoisotopic (exact) mass is 369 g/mol. The summed E-state index contributed by atoms with van der Waals surface area (Å²) >= 11 is 0. The van der Waals surface area contributed by atoms with Crippen LogP contribution in [0.2, 0.25) is 0 Å². The number of esters is 2. The fourth-order valence-corrected chi connectivity index (χ4v) is 4.20. The van der Waals surface area contributed by atoms with Crippen LogP contribution in [-0.2, 0) is 19.1 Å². The first-order valence-electron chi connectivity index (χ1n) is 9.07. The molecule has 26 heavy (non-hydrogen) atoms. The Hall–Kier alpha value is -1.48. The molecule has 0 radical (unpaired) electrons. The molecule has 0 bridgehead atoms. The van der Waals surface area contributed by atoms with Crippen molar-refractivity contribution in [3.63, 3.8) is 0 Å². The lowest BCUT2D eigenvalue weighted by Crippen LogP contribution is -2.62. The van der Waals surface area contributed by atoms with Crippen LogP contribution >= 0.6 is 0 Å². The molecule has 3 aliphatic heterocycles. The van der Waals surface area contributed by atoms with E-state index < -0.39 is 41.6 Å². The molecule has 6 atom stereocenters. The number of aliphatic hydroxyl groups is 3. The number of nitrogens with zero attached hydrogens (tertiary/aromatic N) is 1. The number of hydrogen-bond donors (Lipinski definition) is 3. The van der Waals surface area contributed by atoms with E-state index >= 15 is 0 Å². The van der Waals surface area contributed by atoms with Crippen LogP contribution in [-0.4, -0.2) is 81.8 Å². The van der Waals surface area contributed by atoms with Gasteiger partial charge >= 0.3 is 11.9 Å². The fourth-order valence-electron chi connectivity index (χ4n) is 4.20. The van der Waals surface area contributed by atoms with Crippen molar-refractivity contribution >= 4 is 11.9 Å². The quantitative estimate of drug-likeness (QED) is 0.429. The van der Waals surface area contributed by atoms with Crippen molar-refractivity contribution in [1.82, 2.24) is 4.90 Å². The molecule has 0 saturated carbocycles. The summed E-state index contributed by atoms with van der Waals surface area (Å²) in [5, 5.41) is 31.5. The lowest BCUT2D eigenvalue weighted by molar-refractivity contribution is -0.206. The van der Waals surface area contributed by atoms with Gasteiger partial charge in [-0.15, -0.1) is 0 Å². The molecule has 0 aliphatic carbocycles. The largest absolute Gasteiger partial charge is 0.460 e. The second-order valence-electron chi connectivity index (χ2n) is 7.77. The van der Waals surface area contributed by atoms with Crippen molar-refractivity contribution < 1.29 is 34.4 Å². The molecule has 3 aliphatic rings. The first kappa shape index (κ1) is 19.3. The Bertz CT molecular complexity index is 617. The molecule has 0 aromatic carbocycles. The van der Waals surface area contributed by atoms with Crippen LogP contribution < -0.4 is 0 Å². The minimum Gasteiger partial charge on any atom is -0.460 e. The van der Waals surface area contributed by atoms with Gasteiger partial charge in [-0.2, -0.15) is 0 Å². The van der Waals surface area contributed by atoms with Gasteiger partial charge in [-0.1, -0.05) is 19.9 Å². The second kappa shape index (κ2) is 6.92. The third-order valence-electron chi connectivity index (χ3n) is 5.80. The number of carbonyl (C=O) groups is 2. The van der Waals surface area contributed by atoms with Gasteiger partial charge in [0.05, 0.1) is 18.1 Å². The Kier molecular flexibility index (Phi) is 5.13. The van der Waals surface area contributed by atoms with Crippen molar-refractivity contribution in [3.8, 4) is 0 Å². The van der Waals surface area contributed by atoms with Crippen molar-refractivity contribution in [2.24, 2.45) is 11.8 Å². The van der Waals surface area contributed by atoms with Crippen LogP contribution in [0.5, 0.6) is 0 Å². The number of aliphatic hydroxyl groups excluding tert-OH is 2. The highest BCUT2D eigenvalue weighted by Crippen LogP contribution is 2.36. The molecule has 0 aromatic heterocycles. The molecule has 3 heterocycles. The third kappa shape index (κ3) is 2.94. The molecule has 8 heteroatoms. The van der Waals surface area contributed by atoms with Gasteiger partial charge in [-0.05, 0) is 24.8 Å². The van der Waals surface area contributed by atoms with Gasteiger partial charge in [0.2, 0.25) is 5.60 Å². The molecule has 2 fully saturated rings. The van der Waals surface area contributed by atoms with E-state index in [9.17, 15) is 24.9 Å². The molecular formula is C18H27NO7. The Balaban J connectivity index is 2.01. The predicted octanol–water partition coefficient (Wildman–Crippen LogP) is -0.786. The number of cyclic esters (lactones) is 1. The van der Waals surface area contributed by atoms with Crippen LogP contribution in [0.15, 0.2) is 11.6 Å². The van der Waals surface area contributed by atoms with E-state index in [2.05, 4.69) is 4.90 Å². The maximum atomic E-state index is 12.8. The highest BCUT2D eigenvalue weighted by molar-refractivity contribution is 5.83. The summed E-state index contributed by atoms with van der Waals surface area (Å²) in [5.74, 6) is -3.43. The summed E-state index contributed by atoms with van der Waals surface area (Å²) in [6.07, 6.45) is -1.29. The van der Waals surface area contributed by atoms with Crippen LogP contribution in [0, 0.1) is 11.8 Å². The molecule has 0 amide bonds. The van der Waals surface area contributed by atoms with Gasteiger partial charge in [0, 0.05) is 13.1 Å². The highest BCUT2D eigenvalue weighted by atomic mass is 16.6. The molecule has 3 rings (SSSR count). The fraction of sp³-hybridized carbons (Fsp3) is 0.778. The van der Waals surface area contributed by atoms with E-state index in [1.54, 1.807) is 13.8 Å². The third-order valence-corrected chi connectivity index (χ3v) is 5.80. The van der Waals surface area contributed by atoms with E-state index in [1.807, 2.05) is 6.08 Å². The summed E-state index contributed by atoms with van der Waals surface area (Å²) in [4.78, 5) is 27.5. The summed E-state index contributed by atoms with van der Waals surface area (Å²) in [6, 6.07) is -0.158. The van der Waals surface area contributed by atoms with E-state index in [4.69, 9.17) is 9.47 Å². The first-order chi connectivity index (χ1) is 12.2. The zero-order chi connectivity index (χ0) is 19.2. The Morgan fingerprint density at radius 3 is 2.62 bits per heavy atom. The average molecular weight is 369 g/mol. The Morgan fingerprint density at radius 1 is 1.31 bits per heavy atom. The maximum Gasteiger partial charge on any atom is 0.344 e. The Morgan fingerprint density at radius 2 is 2.00 bits per heavy atom. The molecule has 146 valence electrons. The average Bonchev–Trinajstić information content (AvgIpc) is 3.13. The highest BCUT2D eigenvalue weighted by Gasteiger charge is 2.56. The minimum absolute atomic E-state index is 0.0812. The summed E-state index contributed by atoms with van der Waals surface area (Å²) in [7, 11) is 0. The molecule has 0 aromatic rings. The van der Waals surface area contributed by atoms with Gasteiger partial charge in [0.15, 0.2) is 0 Å². The smallest absolute Gasteiger partial charge is 0.344 e. The molecule has 0 spiro atoms. The van der Waals surface area contributed by atoms with Crippen molar-refractivity contribution in [2.75, 3.05) is 19.7 Å². The van der Waals surface area contributed by atoms with Crippen molar-refractivity contribution in [1.29, 1.82) is 0 Å². The molecule has 0 unspecified atom stereocenters. The van der Waals surface area contributed by atoms with Crippen LogP contribution in [0.1, 0.15) is 27.2 Å². The first-order valence-corrected chi connectivity index (χ1v) is 9.07. The van der Waals surface area contributed by atoms with Gasteiger partial charge in [0.25, 0.3) is 0 Å². The molecule has 8 nitrogen and oxygen atoms in total. The molecule has 3 N–H and O–H groups in total. The maximum absolute atomic E-state index is 12.8. The summed E-state index contributed by atoms with van der Waals surface area (Å²) in [6.45, 7) is 5.92. The van der Waals surface area contributed by atoms with Gasteiger partial charge in [-0.25, -0.2) is 4.79 Å². The predicted molar refractivity (Wildman–Crippen MR) is 89.9 cm³/mol. The Labute approximate surface area is 152 Å². The summed E-state index contributed by atoms with van der Waals surface area (Å²) < 4.78 is 11.0. The van der Waals surface area contributed by atoms with Gasteiger partial charge in [-0.3, -0.25) is 9.69 Å². The number of carbonyl (C=O) groups excluding carboxylic acids is 2. The number of hydrogen-bond acceptors (Lipinski definition) is 8. The topological polar surface area (TPSA) is 117 Å². The van der Waals surface area contributed by atoms with E-state index in [-0.39, 0.29) is 18.8 Å². The van der Waals surface area contributed by atoms with Crippen LogP contribution in [0.25, 0.3) is 0 Å².